The zero-order chi connectivity index (χ0) is 10.8. The monoisotopic (exact) mass is 222 g/mol. The van der Waals surface area contributed by atoms with Gasteiger partial charge in [0, 0.05) is 18.2 Å². The fraction of sp³-hybridized carbons (Fsp3) is 0.182. The summed E-state index contributed by atoms with van der Waals surface area (Å²) < 4.78 is 6.90. The lowest BCUT2D eigenvalue weighted by Crippen LogP contribution is -1.89. The second-order valence-corrected chi connectivity index (χ2v) is 3.53. The lowest BCUT2D eigenvalue weighted by molar-refractivity contribution is 0.416. The minimum Gasteiger partial charge on any atom is -0.496 e. The van der Waals surface area contributed by atoms with E-state index in [0.717, 1.165) is 16.9 Å². The molecule has 0 fully saturated rings. The maximum absolute atomic E-state index is 6.12. The summed E-state index contributed by atoms with van der Waals surface area (Å²) >= 11 is 6.12. The summed E-state index contributed by atoms with van der Waals surface area (Å²) in [5, 5.41) is 4.71. The number of nitrogens with zero attached hydrogens (tertiary/aromatic N) is 2. The molecule has 1 aromatic carbocycles. The number of benzene rings is 1. The van der Waals surface area contributed by atoms with Crippen LogP contribution in [0.3, 0.4) is 0 Å². The van der Waals surface area contributed by atoms with Crippen LogP contribution in [0.25, 0.3) is 11.1 Å². The van der Waals surface area contributed by atoms with Crippen molar-refractivity contribution in [3.8, 4) is 16.9 Å². The molecular weight excluding hydrogens is 212 g/mol. The van der Waals surface area contributed by atoms with Gasteiger partial charge in [0.15, 0.2) is 0 Å². The highest BCUT2D eigenvalue weighted by Gasteiger charge is 2.11. The summed E-state index contributed by atoms with van der Waals surface area (Å²) in [5.41, 5.74) is 1.84. The maximum atomic E-state index is 6.12. The number of para-hydroxylation sites is 1. The first-order chi connectivity index (χ1) is 7.24. The molecule has 0 aliphatic carbocycles. The topological polar surface area (TPSA) is 27.1 Å². The number of hydrogen-bond acceptors (Lipinski definition) is 2. The van der Waals surface area contributed by atoms with Crippen LogP contribution in [0, 0.1) is 0 Å². The van der Waals surface area contributed by atoms with Crippen LogP contribution >= 0.6 is 11.6 Å². The summed E-state index contributed by atoms with van der Waals surface area (Å²) in [5.74, 6) is 0.799. The van der Waals surface area contributed by atoms with Crippen LogP contribution in [0.1, 0.15) is 0 Å². The Labute approximate surface area is 93.2 Å². The minimum atomic E-state index is 0.611. The quantitative estimate of drug-likeness (QED) is 0.781. The summed E-state index contributed by atoms with van der Waals surface area (Å²) in [6.07, 6.45) is 1.74. The average molecular weight is 223 g/mol. The lowest BCUT2D eigenvalue weighted by Gasteiger charge is -2.06. The molecule has 0 N–H and O–H groups in total. The number of methoxy groups -OCH3 is 1. The van der Waals surface area contributed by atoms with Crippen LogP contribution in [0.2, 0.25) is 5.15 Å². The van der Waals surface area contributed by atoms with Gasteiger partial charge in [0.05, 0.1) is 13.3 Å². The molecule has 1 aromatic heterocycles. The fourth-order valence-corrected chi connectivity index (χ4v) is 1.66. The van der Waals surface area contributed by atoms with Gasteiger partial charge in [-0.1, -0.05) is 29.8 Å². The number of aromatic nitrogens is 2. The van der Waals surface area contributed by atoms with E-state index in [0.29, 0.717) is 5.15 Å². The molecule has 2 aromatic rings. The predicted octanol–water partition coefficient (Wildman–Crippen LogP) is 2.75. The van der Waals surface area contributed by atoms with Gasteiger partial charge < -0.3 is 4.74 Å². The van der Waals surface area contributed by atoms with E-state index in [4.69, 9.17) is 16.3 Å². The molecule has 0 bridgehead atoms. The van der Waals surface area contributed by atoms with Crippen molar-refractivity contribution in [1.29, 1.82) is 0 Å². The zero-order valence-electron chi connectivity index (χ0n) is 8.57. The Morgan fingerprint density at radius 1 is 1.27 bits per heavy atom. The van der Waals surface area contributed by atoms with Gasteiger partial charge in [-0.2, -0.15) is 5.10 Å². The Kier molecular flexibility index (Phi) is 2.64. The first-order valence-electron chi connectivity index (χ1n) is 4.55. The first kappa shape index (κ1) is 10.1. The fourth-order valence-electron chi connectivity index (χ4n) is 1.47. The van der Waals surface area contributed by atoms with E-state index in [1.807, 2.05) is 24.3 Å². The van der Waals surface area contributed by atoms with Gasteiger partial charge in [-0.05, 0) is 6.07 Å². The largest absolute Gasteiger partial charge is 0.496 e. The van der Waals surface area contributed by atoms with Gasteiger partial charge in [0.1, 0.15) is 10.9 Å². The molecular formula is C11H11ClN2O. The SMILES string of the molecule is COc1ccccc1-c1cnn(C)c1Cl. The highest BCUT2D eigenvalue weighted by atomic mass is 35.5. The highest BCUT2D eigenvalue weighted by molar-refractivity contribution is 6.32. The van der Waals surface area contributed by atoms with Crippen molar-refractivity contribution in [1.82, 2.24) is 9.78 Å². The summed E-state index contributed by atoms with van der Waals surface area (Å²) in [4.78, 5) is 0. The second-order valence-electron chi connectivity index (χ2n) is 3.17. The molecule has 2 rings (SSSR count). The molecule has 0 aliphatic heterocycles. The van der Waals surface area contributed by atoms with E-state index in [1.54, 1.807) is 25.0 Å². The molecule has 3 nitrogen and oxygen atoms in total. The molecule has 1 heterocycles. The van der Waals surface area contributed by atoms with E-state index < -0.39 is 0 Å². The van der Waals surface area contributed by atoms with Gasteiger partial charge >= 0.3 is 0 Å². The maximum Gasteiger partial charge on any atom is 0.134 e. The molecule has 0 atom stereocenters. The Morgan fingerprint density at radius 3 is 2.60 bits per heavy atom. The second kappa shape index (κ2) is 3.95. The number of rotatable bonds is 2. The van der Waals surface area contributed by atoms with Crippen LogP contribution < -0.4 is 4.74 Å². The molecule has 15 heavy (non-hydrogen) atoms. The first-order valence-corrected chi connectivity index (χ1v) is 4.92. The van der Waals surface area contributed by atoms with Gasteiger partial charge in [-0.15, -0.1) is 0 Å². The average Bonchev–Trinajstić information content (AvgIpc) is 2.60. The van der Waals surface area contributed by atoms with E-state index in [2.05, 4.69) is 5.10 Å². The molecule has 0 radical (unpaired) electrons. The number of aryl methyl sites for hydroxylation is 1. The van der Waals surface area contributed by atoms with E-state index in [1.165, 1.54) is 0 Å². The van der Waals surface area contributed by atoms with E-state index in [9.17, 15) is 0 Å². The predicted molar refractivity (Wildman–Crippen MR) is 60.2 cm³/mol. The van der Waals surface area contributed by atoms with Crippen molar-refractivity contribution in [2.24, 2.45) is 7.05 Å². The van der Waals surface area contributed by atoms with E-state index >= 15 is 0 Å². The third-order valence-electron chi connectivity index (χ3n) is 2.26. The summed E-state index contributed by atoms with van der Waals surface area (Å²) in [6.45, 7) is 0. The molecule has 4 heteroatoms. The van der Waals surface area contributed by atoms with Crippen LogP contribution in [0.5, 0.6) is 5.75 Å². The zero-order valence-corrected chi connectivity index (χ0v) is 9.32. The molecule has 0 aliphatic rings. The van der Waals surface area contributed by atoms with E-state index in [-0.39, 0.29) is 0 Å². The lowest BCUT2D eigenvalue weighted by atomic mass is 10.1. The van der Waals surface area contributed by atoms with Gasteiger partial charge in [0.2, 0.25) is 0 Å². The smallest absolute Gasteiger partial charge is 0.134 e. The van der Waals surface area contributed by atoms with Gasteiger partial charge in [-0.25, -0.2) is 0 Å². The number of hydrogen-bond donors (Lipinski definition) is 0. The minimum absolute atomic E-state index is 0.611. The molecule has 78 valence electrons. The molecule has 0 unspecified atom stereocenters. The molecule has 0 amide bonds. The third kappa shape index (κ3) is 1.70. The Bertz CT molecular complexity index is 479. The Morgan fingerprint density at radius 2 is 2.00 bits per heavy atom. The Balaban J connectivity index is 2.58. The van der Waals surface area contributed by atoms with Crippen LogP contribution in [0.15, 0.2) is 30.5 Å². The number of halogens is 1. The summed E-state index contributed by atoms with van der Waals surface area (Å²) in [6, 6.07) is 7.73. The van der Waals surface area contributed by atoms with Crippen molar-refractivity contribution >= 4 is 11.6 Å². The van der Waals surface area contributed by atoms with Crippen molar-refractivity contribution in [3.05, 3.63) is 35.6 Å². The van der Waals surface area contributed by atoms with Gasteiger partial charge in [0.25, 0.3) is 0 Å². The standard InChI is InChI=1S/C11H11ClN2O/c1-14-11(12)9(7-13-14)8-5-3-4-6-10(8)15-2/h3-7H,1-2H3. The molecule has 0 spiro atoms. The van der Waals surface area contributed by atoms with Crippen LogP contribution in [0.4, 0.5) is 0 Å². The van der Waals surface area contributed by atoms with Crippen molar-refractivity contribution in [2.45, 2.75) is 0 Å². The molecule has 0 saturated carbocycles. The number of ether oxygens (including phenoxy) is 1. The van der Waals surface area contributed by atoms with Crippen molar-refractivity contribution in [2.75, 3.05) is 7.11 Å². The van der Waals surface area contributed by atoms with Crippen LogP contribution in [-0.4, -0.2) is 16.9 Å². The van der Waals surface area contributed by atoms with Crippen LogP contribution in [-0.2, 0) is 7.05 Å². The normalized spacial score (nSPS) is 10.3. The van der Waals surface area contributed by atoms with Gasteiger partial charge in [-0.3, -0.25) is 4.68 Å². The highest BCUT2D eigenvalue weighted by Crippen LogP contribution is 2.33. The third-order valence-corrected chi connectivity index (χ3v) is 2.71. The summed E-state index contributed by atoms with van der Waals surface area (Å²) in [7, 11) is 3.45. The van der Waals surface area contributed by atoms with Crippen molar-refractivity contribution < 1.29 is 4.74 Å². The molecule has 0 saturated heterocycles. The van der Waals surface area contributed by atoms with Crippen molar-refractivity contribution in [3.63, 3.8) is 0 Å². The Hall–Kier alpha value is -1.48.